The summed E-state index contributed by atoms with van der Waals surface area (Å²) < 4.78 is 18.5. The monoisotopic (exact) mass is 300 g/mol. The second-order valence-corrected chi connectivity index (χ2v) is 6.79. The molecular formula is C17H16O3S. The highest BCUT2D eigenvalue weighted by atomic mass is 32.2. The van der Waals surface area contributed by atoms with Crippen molar-refractivity contribution in [2.45, 2.75) is 30.1 Å². The molecule has 0 bridgehead atoms. The van der Waals surface area contributed by atoms with Crippen LogP contribution in [0.5, 0.6) is 5.75 Å². The highest BCUT2D eigenvalue weighted by Gasteiger charge is 2.39. The molecule has 0 saturated carbocycles. The maximum atomic E-state index is 12.8. The number of para-hydroxylation sites is 1. The minimum atomic E-state index is -1.42. The van der Waals surface area contributed by atoms with E-state index < -0.39 is 22.2 Å². The van der Waals surface area contributed by atoms with Crippen molar-refractivity contribution < 1.29 is 13.7 Å². The molecule has 3 atom stereocenters. The fourth-order valence-corrected chi connectivity index (χ4v) is 3.91. The zero-order valence-corrected chi connectivity index (χ0v) is 12.7. The maximum Gasteiger partial charge on any atom is 0.186 e. The molecule has 0 aliphatic carbocycles. The predicted octanol–water partition coefficient (Wildman–Crippen LogP) is 3.14. The Balaban J connectivity index is 1.97. The lowest BCUT2D eigenvalue weighted by Gasteiger charge is -2.29. The van der Waals surface area contributed by atoms with Crippen molar-refractivity contribution in [1.82, 2.24) is 0 Å². The van der Waals surface area contributed by atoms with Crippen LogP contribution in [-0.2, 0) is 10.8 Å². The van der Waals surface area contributed by atoms with Crippen LogP contribution >= 0.6 is 0 Å². The number of fused-ring (bicyclic) bond motifs is 1. The summed E-state index contributed by atoms with van der Waals surface area (Å²) in [7, 11) is -1.42. The van der Waals surface area contributed by atoms with Crippen molar-refractivity contribution in [3.8, 4) is 5.75 Å². The van der Waals surface area contributed by atoms with Gasteiger partial charge in [-0.2, -0.15) is 0 Å². The molecule has 2 aromatic rings. The Morgan fingerprint density at radius 3 is 2.43 bits per heavy atom. The molecule has 0 radical (unpaired) electrons. The second kappa shape index (κ2) is 5.45. The van der Waals surface area contributed by atoms with E-state index in [0.717, 1.165) is 5.56 Å². The molecule has 108 valence electrons. The smallest absolute Gasteiger partial charge is 0.186 e. The molecule has 1 aliphatic heterocycles. The van der Waals surface area contributed by atoms with Crippen molar-refractivity contribution in [2.24, 2.45) is 0 Å². The standard InChI is InChI=1S/C17H16O3S/c1-11-7-9-13(10-8-11)21(19)17-12(2)20-15-6-4-3-5-14(15)16(17)18/h3-10,12,17H,1-2H3/t12-,17?,21?/m0/s1. The highest BCUT2D eigenvalue weighted by molar-refractivity contribution is 7.86. The van der Waals surface area contributed by atoms with Gasteiger partial charge >= 0.3 is 0 Å². The van der Waals surface area contributed by atoms with Gasteiger partial charge in [-0.15, -0.1) is 0 Å². The summed E-state index contributed by atoms with van der Waals surface area (Å²) in [5, 5.41) is -0.664. The van der Waals surface area contributed by atoms with E-state index in [9.17, 15) is 9.00 Å². The first-order chi connectivity index (χ1) is 10.1. The van der Waals surface area contributed by atoms with Crippen LogP contribution in [0.15, 0.2) is 53.4 Å². The van der Waals surface area contributed by atoms with E-state index in [4.69, 9.17) is 4.74 Å². The van der Waals surface area contributed by atoms with Crippen LogP contribution in [-0.4, -0.2) is 21.3 Å². The van der Waals surface area contributed by atoms with Crippen molar-refractivity contribution in [2.75, 3.05) is 0 Å². The van der Waals surface area contributed by atoms with Crippen LogP contribution in [0.4, 0.5) is 0 Å². The molecule has 2 aromatic carbocycles. The Bertz CT molecular complexity index is 706. The van der Waals surface area contributed by atoms with Crippen LogP contribution in [0.1, 0.15) is 22.8 Å². The molecule has 0 aromatic heterocycles. The number of carbonyl (C=O) groups excluding carboxylic acids is 1. The summed E-state index contributed by atoms with van der Waals surface area (Å²) in [6.07, 6.45) is -0.408. The number of hydrogen-bond acceptors (Lipinski definition) is 3. The zero-order valence-electron chi connectivity index (χ0n) is 11.9. The number of carbonyl (C=O) groups is 1. The van der Waals surface area contributed by atoms with E-state index in [2.05, 4.69) is 0 Å². The summed E-state index contributed by atoms with van der Waals surface area (Å²) in [5.41, 5.74) is 1.61. The Hall–Kier alpha value is -1.94. The van der Waals surface area contributed by atoms with Crippen molar-refractivity contribution in [3.05, 3.63) is 59.7 Å². The van der Waals surface area contributed by atoms with Gasteiger partial charge in [-0.1, -0.05) is 29.8 Å². The predicted molar refractivity (Wildman–Crippen MR) is 82.2 cm³/mol. The number of aryl methyl sites for hydroxylation is 1. The van der Waals surface area contributed by atoms with E-state index in [-0.39, 0.29) is 5.78 Å². The Labute approximate surface area is 126 Å². The number of rotatable bonds is 2. The van der Waals surface area contributed by atoms with Crippen LogP contribution in [0.3, 0.4) is 0 Å². The van der Waals surface area contributed by atoms with Gasteiger partial charge in [0.1, 0.15) is 17.1 Å². The molecule has 2 unspecified atom stereocenters. The van der Waals surface area contributed by atoms with Gasteiger partial charge in [-0.05, 0) is 38.1 Å². The van der Waals surface area contributed by atoms with E-state index in [1.165, 1.54) is 0 Å². The molecule has 3 nitrogen and oxygen atoms in total. The lowest BCUT2D eigenvalue weighted by atomic mass is 10.0. The van der Waals surface area contributed by atoms with Crippen molar-refractivity contribution >= 4 is 16.6 Å². The molecule has 21 heavy (non-hydrogen) atoms. The summed E-state index contributed by atoms with van der Waals surface area (Å²) in [5.74, 6) is 0.468. The molecule has 0 fully saturated rings. The molecule has 0 saturated heterocycles. The van der Waals surface area contributed by atoms with Gasteiger partial charge < -0.3 is 4.74 Å². The van der Waals surface area contributed by atoms with Gasteiger partial charge in [-0.25, -0.2) is 0 Å². The Morgan fingerprint density at radius 2 is 1.71 bits per heavy atom. The van der Waals surface area contributed by atoms with Crippen LogP contribution in [0, 0.1) is 6.92 Å². The van der Waals surface area contributed by atoms with Crippen LogP contribution in [0.2, 0.25) is 0 Å². The third kappa shape index (κ3) is 2.51. The first-order valence-corrected chi connectivity index (χ1v) is 8.06. The number of Topliss-reactive ketones (excluding diaryl/α,β-unsaturated/α-hetero) is 1. The quantitative estimate of drug-likeness (QED) is 0.856. The van der Waals surface area contributed by atoms with Crippen molar-refractivity contribution in [3.63, 3.8) is 0 Å². The van der Waals surface area contributed by atoms with E-state index >= 15 is 0 Å². The molecule has 1 aliphatic rings. The first kappa shape index (κ1) is 14.0. The Morgan fingerprint density at radius 1 is 1.05 bits per heavy atom. The average molecular weight is 300 g/mol. The lowest BCUT2D eigenvalue weighted by molar-refractivity contribution is 0.0883. The lowest BCUT2D eigenvalue weighted by Crippen LogP contribution is -2.43. The summed E-state index contributed by atoms with van der Waals surface area (Å²) in [6.45, 7) is 3.77. The third-order valence-corrected chi connectivity index (χ3v) is 5.43. The van der Waals surface area contributed by atoms with Gasteiger partial charge in [0.15, 0.2) is 5.78 Å². The zero-order chi connectivity index (χ0) is 15.0. The van der Waals surface area contributed by atoms with Gasteiger partial charge in [0.25, 0.3) is 0 Å². The van der Waals surface area contributed by atoms with Gasteiger partial charge in [0, 0.05) is 4.90 Å². The number of ether oxygens (including phenoxy) is 1. The topological polar surface area (TPSA) is 43.4 Å². The number of benzene rings is 2. The number of hydrogen-bond donors (Lipinski definition) is 0. The normalized spacial score (nSPS) is 22.3. The fraction of sp³-hybridized carbons (Fsp3) is 0.235. The molecule has 4 heteroatoms. The summed E-state index contributed by atoms with van der Waals surface area (Å²) in [6, 6.07) is 14.5. The van der Waals surface area contributed by atoms with Crippen LogP contribution < -0.4 is 4.74 Å². The second-order valence-electron chi connectivity index (χ2n) is 5.21. The minimum absolute atomic E-state index is 0.108. The van der Waals surface area contributed by atoms with Crippen molar-refractivity contribution in [1.29, 1.82) is 0 Å². The average Bonchev–Trinajstić information content (AvgIpc) is 2.48. The fourth-order valence-electron chi connectivity index (χ4n) is 2.49. The van der Waals surface area contributed by atoms with Gasteiger partial charge in [0.05, 0.1) is 16.4 Å². The molecule has 0 amide bonds. The largest absolute Gasteiger partial charge is 0.488 e. The summed E-state index contributed by atoms with van der Waals surface area (Å²) in [4.78, 5) is 13.3. The third-order valence-electron chi connectivity index (χ3n) is 3.63. The highest BCUT2D eigenvalue weighted by Crippen LogP contribution is 2.31. The minimum Gasteiger partial charge on any atom is -0.488 e. The van der Waals surface area contributed by atoms with Crippen LogP contribution in [0.25, 0.3) is 0 Å². The molecule has 3 rings (SSSR count). The maximum absolute atomic E-state index is 12.8. The SMILES string of the molecule is Cc1ccc(S(=O)C2C(=O)c3ccccc3O[C@H]2C)cc1. The first-order valence-electron chi connectivity index (χ1n) is 6.85. The molecule has 0 spiro atoms. The molecule has 0 N–H and O–H groups in total. The molecular weight excluding hydrogens is 284 g/mol. The van der Waals surface area contributed by atoms with Gasteiger partial charge in [0.2, 0.25) is 0 Å². The Kier molecular flexibility index (Phi) is 3.64. The van der Waals surface area contributed by atoms with E-state index in [1.807, 2.05) is 37.3 Å². The van der Waals surface area contributed by atoms with E-state index in [1.54, 1.807) is 25.1 Å². The van der Waals surface area contributed by atoms with E-state index in [0.29, 0.717) is 16.2 Å². The number of ketones is 1. The molecule has 1 heterocycles. The van der Waals surface area contributed by atoms with Gasteiger partial charge in [-0.3, -0.25) is 9.00 Å². The summed E-state index contributed by atoms with van der Waals surface area (Å²) >= 11 is 0.